The minimum Gasteiger partial charge on any atom is -0.504 e. The Balaban J connectivity index is 2.98. The molecule has 0 aliphatic rings. The molecule has 0 bridgehead atoms. The molecule has 11 heavy (non-hydrogen) atoms. The van der Waals surface area contributed by atoms with Gasteiger partial charge in [-0.25, -0.2) is 4.57 Å². The lowest BCUT2D eigenvalue weighted by Gasteiger charge is -1.99. The van der Waals surface area contributed by atoms with E-state index in [1.165, 1.54) is 0 Å². The maximum absolute atomic E-state index is 9.98. The van der Waals surface area contributed by atoms with Gasteiger partial charge in [-0.1, -0.05) is 6.07 Å². The van der Waals surface area contributed by atoms with Gasteiger partial charge in [-0.05, 0) is 24.6 Å². The van der Waals surface area contributed by atoms with Gasteiger partial charge < -0.3 is 9.63 Å². The van der Waals surface area contributed by atoms with E-state index in [1.807, 2.05) is 6.92 Å². The van der Waals surface area contributed by atoms with Gasteiger partial charge in [0.05, 0.1) is 0 Å². The highest BCUT2D eigenvalue weighted by Gasteiger charge is 2.00. The molecule has 1 N–H and O–H groups in total. The van der Waals surface area contributed by atoms with E-state index in [9.17, 15) is 4.57 Å². The van der Waals surface area contributed by atoms with E-state index in [2.05, 4.69) is 4.52 Å². The number of phenolic OH excluding ortho intramolecular Hbond substituents is 1. The zero-order valence-corrected chi connectivity index (χ0v) is 6.84. The van der Waals surface area contributed by atoms with E-state index in [-0.39, 0.29) is 11.5 Å². The van der Waals surface area contributed by atoms with Crippen LogP contribution in [0.3, 0.4) is 0 Å². The van der Waals surface area contributed by atoms with Gasteiger partial charge in [-0.15, -0.1) is 0 Å². The number of aryl methyl sites for hydroxylation is 1. The number of aromatic hydroxyl groups is 1. The van der Waals surface area contributed by atoms with Crippen LogP contribution in [0.2, 0.25) is 0 Å². The van der Waals surface area contributed by atoms with Crippen LogP contribution in [0.25, 0.3) is 0 Å². The lowest BCUT2D eigenvalue weighted by Crippen LogP contribution is -1.77. The lowest BCUT2D eigenvalue weighted by atomic mass is 10.2. The van der Waals surface area contributed by atoms with Crippen molar-refractivity contribution < 1.29 is 14.2 Å². The molecule has 1 rings (SSSR count). The molecule has 0 spiro atoms. The minimum atomic E-state index is -0.458. The smallest absolute Gasteiger partial charge is 0.395 e. The summed E-state index contributed by atoms with van der Waals surface area (Å²) < 4.78 is 14.5. The van der Waals surface area contributed by atoms with Crippen LogP contribution in [0.4, 0.5) is 0 Å². The average molecular weight is 170 g/mol. The Labute approximate surface area is 65.9 Å². The van der Waals surface area contributed by atoms with Gasteiger partial charge in [0, 0.05) is 0 Å². The molecule has 0 radical (unpaired) electrons. The molecular weight excluding hydrogens is 163 g/mol. The maximum Gasteiger partial charge on any atom is 0.395 e. The fourth-order valence-corrected chi connectivity index (χ4v) is 0.979. The number of rotatable bonds is 2. The van der Waals surface area contributed by atoms with Crippen molar-refractivity contribution in [2.75, 3.05) is 0 Å². The second kappa shape index (κ2) is 3.35. The summed E-state index contributed by atoms with van der Waals surface area (Å²) in [5, 5.41) is 9.15. The highest BCUT2D eigenvalue weighted by atomic mass is 31.1. The maximum atomic E-state index is 9.98. The van der Waals surface area contributed by atoms with Gasteiger partial charge in [0.1, 0.15) is 0 Å². The summed E-state index contributed by atoms with van der Waals surface area (Å²) in [7, 11) is -0.458. The first-order chi connectivity index (χ1) is 5.24. The van der Waals surface area contributed by atoms with E-state index in [0.717, 1.165) is 5.56 Å². The fourth-order valence-electron chi connectivity index (χ4n) is 0.745. The van der Waals surface area contributed by atoms with Crippen LogP contribution in [-0.4, -0.2) is 5.11 Å². The van der Waals surface area contributed by atoms with E-state index < -0.39 is 8.69 Å². The first-order valence-corrected chi connectivity index (χ1v) is 3.76. The highest BCUT2D eigenvalue weighted by molar-refractivity contribution is 7.17. The first-order valence-electron chi connectivity index (χ1n) is 3.03. The van der Waals surface area contributed by atoms with Gasteiger partial charge >= 0.3 is 8.69 Å². The molecule has 0 heterocycles. The summed E-state index contributed by atoms with van der Waals surface area (Å²) in [4.78, 5) is 0. The van der Waals surface area contributed by atoms with Gasteiger partial charge in [0.25, 0.3) is 0 Å². The van der Waals surface area contributed by atoms with Crippen molar-refractivity contribution in [1.82, 2.24) is 0 Å². The third kappa shape index (κ3) is 1.92. The molecule has 0 atom stereocenters. The monoisotopic (exact) mass is 170 g/mol. The number of phenols is 1. The molecule has 0 fully saturated rings. The van der Waals surface area contributed by atoms with E-state index in [1.54, 1.807) is 18.2 Å². The highest BCUT2D eigenvalue weighted by Crippen LogP contribution is 2.28. The van der Waals surface area contributed by atoms with Crippen LogP contribution in [0, 0.1) is 6.92 Å². The number of hydrogen-bond donors (Lipinski definition) is 1. The van der Waals surface area contributed by atoms with E-state index >= 15 is 0 Å². The Hall–Kier alpha value is -1.08. The van der Waals surface area contributed by atoms with Crippen LogP contribution in [-0.2, 0) is 4.57 Å². The summed E-state index contributed by atoms with van der Waals surface area (Å²) in [6.07, 6.45) is 0. The second-order valence-electron chi connectivity index (χ2n) is 2.14. The Morgan fingerprint density at radius 3 is 2.82 bits per heavy atom. The average Bonchev–Trinajstić information content (AvgIpc) is 1.95. The lowest BCUT2D eigenvalue weighted by molar-refractivity contribution is 0.440. The van der Waals surface area contributed by atoms with E-state index in [0.29, 0.717) is 0 Å². The molecule has 0 aromatic heterocycles. The molecule has 4 heteroatoms. The predicted molar refractivity (Wildman–Crippen MR) is 41.1 cm³/mol. The number of benzene rings is 1. The zero-order valence-electron chi connectivity index (χ0n) is 5.94. The van der Waals surface area contributed by atoms with Crippen LogP contribution in [0.1, 0.15) is 5.56 Å². The van der Waals surface area contributed by atoms with Crippen molar-refractivity contribution >= 4 is 8.69 Å². The van der Waals surface area contributed by atoms with Crippen LogP contribution in [0.15, 0.2) is 18.2 Å². The van der Waals surface area contributed by atoms with Crippen LogP contribution < -0.4 is 4.52 Å². The molecule has 0 saturated heterocycles. The molecule has 0 saturated carbocycles. The van der Waals surface area contributed by atoms with Crippen LogP contribution >= 0.6 is 8.69 Å². The van der Waals surface area contributed by atoms with Crippen molar-refractivity contribution in [2.24, 2.45) is 0 Å². The SMILES string of the molecule is Cc1ccc(OP=O)c(O)c1. The molecule has 1 aromatic rings. The summed E-state index contributed by atoms with van der Waals surface area (Å²) >= 11 is 0. The molecule has 3 nitrogen and oxygen atoms in total. The largest absolute Gasteiger partial charge is 0.504 e. The second-order valence-corrected chi connectivity index (χ2v) is 2.47. The van der Waals surface area contributed by atoms with Crippen molar-refractivity contribution in [3.8, 4) is 11.5 Å². The van der Waals surface area contributed by atoms with E-state index in [4.69, 9.17) is 5.11 Å². The van der Waals surface area contributed by atoms with Crippen molar-refractivity contribution in [3.63, 3.8) is 0 Å². The van der Waals surface area contributed by atoms with Gasteiger partial charge in [0.15, 0.2) is 11.5 Å². The third-order valence-electron chi connectivity index (χ3n) is 1.25. The quantitative estimate of drug-likeness (QED) is 0.692. The molecule has 0 aliphatic carbocycles. The fraction of sp³-hybridized carbons (Fsp3) is 0.143. The summed E-state index contributed by atoms with van der Waals surface area (Å²) in [6.45, 7) is 1.85. The van der Waals surface area contributed by atoms with Gasteiger partial charge in [0.2, 0.25) is 0 Å². The Kier molecular flexibility index (Phi) is 2.44. The van der Waals surface area contributed by atoms with Crippen molar-refractivity contribution in [1.29, 1.82) is 0 Å². The normalized spacial score (nSPS) is 9.91. The van der Waals surface area contributed by atoms with Crippen molar-refractivity contribution in [2.45, 2.75) is 6.92 Å². The van der Waals surface area contributed by atoms with Crippen molar-refractivity contribution in [3.05, 3.63) is 23.8 Å². The number of hydrogen-bond acceptors (Lipinski definition) is 3. The topological polar surface area (TPSA) is 46.5 Å². The third-order valence-corrected chi connectivity index (χ3v) is 1.52. The minimum absolute atomic E-state index is 0.00773. The molecule has 58 valence electrons. The molecule has 0 unspecified atom stereocenters. The summed E-state index contributed by atoms with van der Waals surface area (Å²) in [5.74, 6) is 0.237. The Morgan fingerprint density at radius 2 is 2.27 bits per heavy atom. The summed E-state index contributed by atoms with van der Waals surface area (Å²) in [5.41, 5.74) is 0.928. The van der Waals surface area contributed by atoms with Crippen LogP contribution in [0.5, 0.6) is 11.5 Å². The molecular formula is C7H7O3P. The zero-order chi connectivity index (χ0) is 8.27. The Bertz CT molecular complexity index is 272. The molecule has 0 aliphatic heterocycles. The van der Waals surface area contributed by atoms with Gasteiger partial charge in [-0.3, -0.25) is 0 Å². The standard InChI is InChI=1S/C7H7O3P/c1-5-2-3-7(10-11-9)6(8)4-5/h2-4,8H,1H3. The molecule has 0 amide bonds. The predicted octanol–water partition coefficient (Wildman–Crippen LogP) is 2.29. The summed E-state index contributed by atoms with van der Waals surface area (Å²) in [6, 6.07) is 4.87. The van der Waals surface area contributed by atoms with Gasteiger partial charge in [-0.2, -0.15) is 0 Å². The first kappa shape index (κ1) is 8.02. The molecule has 1 aromatic carbocycles. The Morgan fingerprint density at radius 1 is 1.55 bits per heavy atom.